The third kappa shape index (κ3) is 8.25. The average Bonchev–Trinajstić information content (AvgIpc) is 2.89. The molecule has 0 saturated carbocycles. The minimum absolute atomic E-state index is 0.000989. The van der Waals surface area contributed by atoms with Gasteiger partial charge in [0.05, 0.1) is 13.7 Å². The summed E-state index contributed by atoms with van der Waals surface area (Å²) < 4.78 is 26.8. The molecule has 1 unspecified atom stereocenters. The molecule has 1 N–H and O–H groups in total. The van der Waals surface area contributed by atoms with Gasteiger partial charge in [-0.1, -0.05) is 31.4 Å². The number of nitrogens with one attached hydrogen (secondary N) is 1. The van der Waals surface area contributed by atoms with Crippen molar-refractivity contribution in [2.45, 2.75) is 38.8 Å². The molecular weight excluding hydrogens is 456 g/mol. The smallest absolute Gasteiger partial charge is 0.331 e. The summed E-state index contributed by atoms with van der Waals surface area (Å²) in [5.41, 5.74) is 0.822. The predicted octanol–water partition coefficient (Wildman–Crippen LogP) is 2.74. The van der Waals surface area contributed by atoms with Crippen LogP contribution in [-0.4, -0.2) is 62.1 Å². The van der Waals surface area contributed by atoms with Crippen LogP contribution in [0.15, 0.2) is 49.2 Å². The van der Waals surface area contributed by atoms with Crippen molar-refractivity contribution >= 4 is 17.8 Å². The van der Waals surface area contributed by atoms with Crippen LogP contribution >= 0.6 is 0 Å². The standard InChI is InChI=1S/C25H32N2O8/c1-6-8-18(7-2)13-19-10-12-32-14-20(25(30)35-16(19)3)27-24(29)22-23(34-15-33-17(4)28)21(31-5)9-11-26-22/h6-9,11,16,19-20H,1-2,10,12-15H2,3-5H3,(H,27,29)/b18-8+/t16?,19-,20-/m0/s1. The summed E-state index contributed by atoms with van der Waals surface area (Å²) in [6.07, 6.45) is 7.51. The Bertz CT molecular complexity index is 959. The number of aromatic nitrogens is 1. The number of ether oxygens (including phenoxy) is 5. The number of carbonyl (C=O) groups excluding carboxylic acids is 3. The van der Waals surface area contributed by atoms with Crippen LogP contribution in [-0.2, 0) is 23.8 Å². The second-order valence-corrected chi connectivity index (χ2v) is 7.77. The molecule has 10 nitrogen and oxygen atoms in total. The summed E-state index contributed by atoms with van der Waals surface area (Å²) in [6, 6.07) is 0.415. The van der Waals surface area contributed by atoms with Gasteiger partial charge in [0.15, 0.2) is 23.2 Å². The van der Waals surface area contributed by atoms with Crippen molar-refractivity contribution in [2.24, 2.45) is 5.92 Å². The van der Waals surface area contributed by atoms with E-state index in [-0.39, 0.29) is 29.7 Å². The van der Waals surface area contributed by atoms with E-state index in [0.717, 1.165) is 5.57 Å². The van der Waals surface area contributed by atoms with Crippen LogP contribution in [0, 0.1) is 5.92 Å². The summed E-state index contributed by atoms with van der Waals surface area (Å²) >= 11 is 0. The monoisotopic (exact) mass is 488 g/mol. The number of cyclic esters (lactones) is 1. The molecule has 1 aliphatic rings. The number of hydrogen-bond donors (Lipinski definition) is 1. The molecule has 0 aliphatic carbocycles. The third-order valence-electron chi connectivity index (χ3n) is 5.33. The molecule has 1 aromatic rings. The molecule has 10 heteroatoms. The lowest BCUT2D eigenvalue weighted by Crippen LogP contribution is -2.46. The van der Waals surface area contributed by atoms with Crippen molar-refractivity contribution in [1.82, 2.24) is 10.3 Å². The summed E-state index contributed by atoms with van der Waals surface area (Å²) in [4.78, 5) is 41.0. The summed E-state index contributed by atoms with van der Waals surface area (Å²) in [6.45, 7) is 10.4. The highest BCUT2D eigenvalue weighted by atomic mass is 16.7. The molecule has 3 atom stereocenters. The first-order valence-electron chi connectivity index (χ1n) is 11.1. The van der Waals surface area contributed by atoms with Crippen LogP contribution in [0.4, 0.5) is 0 Å². The van der Waals surface area contributed by atoms with Gasteiger partial charge in [0.25, 0.3) is 5.91 Å². The average molecular weight is 489 g/mol. The van der Waals surface area contributed by atoms with E-state index in [1.807, 2.05) is 13.0 Å². The second kappa shape index (κ2) is 13.9. The van der Waals surface area contributed by atoms with Crippen molar-refractivity contribution in [1.29, 1.82) is 0 Å². The van der Waals surface area contributed by atoms with Crippen LogP contribution in [0.25, 0.3) is 0 Å². The fraction of sp³-hybridized carbons (Fsp3) is 0.440. The van der Waals surface area contributed by atoms with Gasteiger partial charge in [-0.15, -0.1) is 0 Å². The van der Waals surface area contributed by atoms with Gasteiger partial charge in [0.1, 0.15) is 6.10 Å². The molecule has 0 bridgehead atoms. The topological polar surface area (TPSA) is 122 Å². The molecule has 2 rings (SSSR count). The largest absolute Gasteiger partial charge is 0.493 e. The molecule has 1 aliphatic heterocycles. The number of carbonyl (C=O) groups is 3. The van der Waals surface area contributed by atoms with Gasteiger partial charge in [-0.2, -0.15) is 0 Å². The first kappa shape index (κ1) is 27.6. The van der Waals surface area contributed by atoms with Gasteiger partial charge >= 0.3 is 11.9 Å². The highest BCUT2D eigenvalue weighted by Gasteiger charge is 2.31. The van der Waals surface area contributed by atoms with E-state index in [1.54, 1.807) is 12.2 Å². The molecule has 0 spiro atoms. The quantitative estimate of drug-likeness (QED) is 0.301. The van der Waals surface area contributed by atoms with E-state index >= 15 is 0 Å². The zero-order valence-corrected chi connectivity index (χ0v) is 20.3. The van der Waals surface area contributed by atoms with Gasteiger partial charge in [-0.25, -0.2) is 9.78 Å². The Balaban J connectivity index is 2.15. The molecule has 0 radical (unpaired) electrons. The Morgan fingerprint density at radius 1 is 1.34 bits per heavy atom. The summed E-state index contributed by atoms with van der Waals surface area (Å²) in [7, 11) is 1.39. The number of rotatable bonds is 10. The highest BCUT2D eigenvalue weighted by molar-refractivity contribution is 5.98. The minimum atomic E-state index is -1.07. The van der Waals surface area contributed by atoms with Crippen LogP contribution in [0.1, 0.15) is 37.2 Å². The van der Waals surface area contributed by atoms with E-state index in [4.69, 9.17) is 23.7 Å². The van der Waals surface area contributed by atoms with Gasteiger partial charge in [-0.3, -0.25) is 9.59 Å². The van der Waals surface area contributed by atoms with Crippen molar-refractivity contribution in [3.8, 4) is 11.5 Å². The molecule has 1 amide bonds. The maximum Gasteiger partial charge on any atom is 0.331 e. The lowest BCUT2D eigenvalue weighted by molar-refractivity contribution is -0.153. The lowest BCUT2D eigenvalue weighted by atomic mass is 9.91. The molecule has 35 heavy (non-hydrogen) atoms. The van der Waals surface area contributed by atoms with E-state index in [9.17, 15) is 14.4 Å². The van der Waals surface area contributed by atoms with Crippen molar-refractivity contribution in [3.63, 3.8) is 0 Å². The summed E-state index contributed by atoms with van der Waals surface area (Å²) in [5, 5.41) is 2.59. The number of allylic oxidation sites excluding steroid dienone is 4. The van der Waals surface area contributed by atoms with Gasteiger partial charge in [-0.05, 0) is 25.3 Å². The summed E-state index contributed by atoms with van der Waals surface area (Å²) in [5.74, 6) is -1.73. The van der Waals surface area contributed by atoms with Crippen molar-refractivity contribution in [3.05, 3.63) is 54.9 Å². The van der Waals surface area contributed by atoms with E-state index < -0.39 is 36.8 Å². The second-order valence-electron chi connectivity index (χ2n) is 7.77. The number of hydrogen-bond acceptors (Lipinski definition) is 9. The molecule has 190 valence electrons. The molecule has 1 saturated heterocycles. The SMILES string of the molecule is C=C/C=C(\C=C)C[C@@H]1CCOC[C@H](NC(=O)c2nccc(OC)c2OCOC(C)=O)C(=O)OC1C. The van der Waals surface area contributed by atoms with Gasteiger partial charge in [0, 0.05) is 31.7 Å². The normalized spacial score (nSPS) is 20.8. The van der Waals surface area contributed by atoms with Gasteiger partial charge < -0.3 is 29.0 Å². The molecule has 1 fully saturated rings. The number of methoxy groups -OCH3 is 1. The Morgan fingerprint density at radius 3 is 2.77 bits per heavy atom. The first-order valence-corrected chi connectivity index (χ1v) is 11.1. The van der Waals surface area contributed by atoms with Crippen LogP contribution in [0.3, 0.4) is 0 Å². The van der Waals surface area contributed by atoms with E-state index in [2.05, 4.69) is 23.5 Å². The zero-order valence-electron chi connectivity index (χ0n) is 20.3. The molecule has 2 heterocycles. The minimum Gasteiger partial charge on any atom is -0.493 e. The van der Waals surface area contributed by atoms with Crippen LogP contribution in [0.5, 0.6) is 11.5 Å². The number of esters is 2. The Labute approximate surface area is 204 Å². The Hall–Kier alpha value is -3.66. The maximum atomic E-state index is 13.0. The number of amides is 1. The fourth-order valence-electron chi connectivity index (χ4n) is 3.43. The number of pyridine rings is 1. The van der Waals surface area contributed by atoms with Crippen molar-refractivity contribution < 1.29 is 38.1 Å². The molecular formula is C25H32N2O8. The highest BCUT2D eigenvalue weighted by Crippen LogP contribution is 2.30. The zero-order chi connectivity index (χ0) is 25.8. The molecule has 0 aromatic carbocycles. The predicted molar refractivity (Wildman–Crippen MR) is 127 cm³/mol. The van der Waals surface area contributed by atoms with Crippen molar-refractivity contribution in [2.75, 3.05) is 27.1 Å². The van der Waals surface area contributed by atoms with E-state index in [0.29, 0.717) is 19.4 Å². The third-order valence-corrected chi connectivity index (χ3v) is 5.33. The Kier molecular flexibility index (Phi) is 11.0. The number of nitrogens with zero attached hydrogens (tertiary/aromatic N) is 1. The van der Waals surface area contributed by atoms with Gasteiger partial charge in [0.2, 0.25) is 6.79 Å². The fourth-order valence-corrected chi connectivity index (χ4v) is 3.43. The Morgan fingerprint density at radius 2 is 2.11 bits per heavy atom. The van der Waals surface area contributed by atoms with Crippen LogP contribution < -0.4 is 14.8 Å². The van der Waals surface area contributed by atoms with Crippen LogP contribution in [0.2, 0.25) is 0 Å². The first-order chi connectivity index (χ1) is 16.8. The van der Waals surface area contributed by atoms with E-state index in [1.165, 1.54) is 26.3 Å². The maximum absolute atomic E-state index is 13.0. The lowest BCUT2D eigenvalue weighted by Gasteiger charge is -2.24. The molecule has 1 aromatic heterocycles.